The average Bonchev–Trinajstić information content (AvgIpc) is 3.13. The molecule has 2 unspecified atom stereocenters. The third-order valence-electron chi connectivity index (χ3n) is 5.17. The summed E-state index contributed by atoms with van der Waals surface area (Å²) in [5.41, 5.74) is 1.46. The predicted molar refractivity (Wildman–Crippen MR) is 105 cm³/mol. The summed E-state index contributed by atoms with van der Waals surface area (Å²) in [6, 6.07) is 10.9. The van der Waals surface area contributed by atoms with Crippen LogP contribution in [0.1, 0.15) is 44.5 Å². The van der Waals surface area contributed by atoms with Crippen molar-refractivity contribution in [1.82, 2.24) is 25.0 Å². The van der Waals surface area contributed by atoms with Gasteiger partial charge in [-0.25, -0.2) is 4.99 Å². The molecule has 0 aliphatic carbocycles. The Morgan fingerprint density at radius 3 is 2.77 bits per heavy atom. The molecular formula is C20H30N6. The molecule has 1 aromatic carbocycles. The minimum Gasteiger partial charge on any atom is -0.357 e. The Bertz CT molecular complexity index is 708. The summed E-state index contributed by atoms with van der Waals surface area (Å²) < 4.78 is 2.04. The van der Waals surface area contributed by atoms with Crippen LogP contribution in [0.4, 0.5) is 0 Å². The molecule has 0 bridgehead atoms. The van der Waals surface area contributed by atoms with E-state index >= 15 is 0 Å². The first-order valence-electron chi connectivity index (χ1n) is 9.67. The van der Waals surface area contributed by atoms with E-state index in [0.29, 0.717) is 18.4 Å². The van der Waals surface area contributed by atoms with Crippen molar-refractivity contribution in [3.05, 3.63) is 48.0 Å². The second-order valence-corrected chi connectivity index (χ2v) is 6.93. The highest BCUT2D eigenvalue weighted by Gasteiger charge is 2.28. The number of nitrogens with zero attached hydrogens (tertiary/aromatic N) is 5. The van der Waals surface area contributed by atoms with E-state index in [0.717, 1.165) is 44.4 Å². The molecule has 3 rings (SSSR count). The van der Waals surface area contributed by atoms with Gasteiger partial charge >= 0.3 is 0 Å². The zero-order valence-electron chi connectivity index (χ0n) is 16.1. The Morgan fingerprint density at radius 2 is 2.08 bits per heavy atom. The van der Waals surface area contributed by atoms with E-state index in [1.165, 1.54) is 5.56 Å². The molecule has 0 spiro atoms. The van der Waals surface area contributed by atoms with Crippen LogP contribution in [0.3, 0.4) is 0 Å². The van der Waals surface area contributed by atoms with Gasteiger partial charge in [-0.1, -0.05) is 37.3 Å². The summed E-state index contributed by atoms with van der Waals surface area (Å²) in [4.78, 5) is 7.22. The van der Waals surface area contributed by atoms with Gasteiger partial charge in [-0.05, 0) is 37.7 Å². The van der Waals surface area contributed by atoms with Crippen molar-refractivity contribution >= 4 is 5.96 Å². The van der Waals surface area contributed by atoms with Crippen molar-refractivity contribution in [2.24, 2.45) is 10.9 Å². The van der Waals surface area contributed by atoms with Gasteiger partial charge < -0.3 is 14.8 Å². The number of guanidine groups is 1. The van der Waals surface area contributed by atoms with Crippen molar-refractivity contribution in [2.45, 2.75) is 46.2 Å². The number of rotatable bonds is 5. The van der Waals surface area contributed by atoms with E-state index in [-0.39, 0.29) is 0 Å². The fourth-order valence-corrected chi connectivity index (χ4v) is 3.77. The first-order chi connectivity index (χ1) is 12.7. The molecule has 26 heavy (non-hydrogen) atoms. The number of hydrogen-bond donors (Lipinski definition) is 1. The summed E-state index contributed by atoms with van der Waals surface area (Å²) in [5, 5.41) is 11.6. The lowest BCUT2D eigenvalue weighted by molar-refractivity contribution is 0.234. The first kappa shape index (κ1) is 18.4. The van der Waals surface area contributed by atoms with E-state index in [1.807, 2.05) is 4.57 Å². The molecule has 1 aliphatic heterocycles. The second kappa shape index (κ2) is 8.83. The largest absolute Gasteiger partial charge is 0.357 e. The van der Waals surface area contributed by atoms with E-state index in [1.54, 1.807) is 6.33 Å². The van der Waals surface area contributed by atoms with Crippen LogP contribution in [0.5, 0.6) is 0 Å². The van der Waals surface area contributed by atoms with Crippen molar-refractivity contribution in [1.29, 1.82) is 0 Å². The lowest BCUT2D eigenvalue weighted by Crippen LogP contribution is -2.48. The Hall–Kier alpha value is -2.37. The SMILES string of the molecule is CCNC(=NCc1nncn1CC)N1CCC(c2ccccc2)C(C)C1. The van der Waals surface area contributed by atoms with Gasteiger partial charge in [0, 0.05) is 26.2 Å². The highest BCUT2D eigenvalue weighted by Crippen LogP contribution is 2.32. The predicted octanol–water partition coefficient (Wildman–Crippen LogP) is 2.89. The fraction of sp³-hybridized carbons (Fsp3) is 0.550. The molecule has 1 aliphatic rings. The molecule has 0 radical (unpaired) electrons. The molecule has 2 atom stereocenters. The smallest absolute Gasteiger partial charge is 0.194 e. The van der Waals surface area contributed by atoms with Gasteiger partial charge in [-0.2, -0.15) is 0 Å². The molecule has 0 saturated carbocycles. The Balaban J connectivity index is 1.68. The van der Waals surface area contributed by atoms with Crippen LogP contribution >= 0.6 is 0 Å². The summed E-state index contributed by atoms with van der Waals surface area (Å²) in [6.07, 6.45) is 2.92. The summed E-state index contributed by atoms with van der Waals surface area (Å²) in [5.74, 6) is 3.11. The number of nitrogens with one attached hydrogen (secondary N) is 1. The summed E-state index contributed by atoms with van der Waals surface area (Å²) >= 11 is 0. The van der Waals surface area contributed by atoms with Crippen molar-refractivity contribution in [3.8, 4) is 0 Å². The van der Waals surface area contributed by atoms with Crippen LogP contribution in [0.15, 0.2) is 41.7 Å². The van der Waals surface area contributed by atoms with Crippen LogP contribution in [-0.2, 0) is 13.1 Å². The number of aromatic nitrogens is 3. The van der Waals surface area contributed by atoms with Crippen LogP contribution in [0.2, 0.25) is 0 Å². The first-order valence-corrected chi connectivity index (χ1v) is 9.67. The minimum absolute atomic E-state index is 0.559. The van der Waals surface area contributed by atoms with Gasteiger partial charge in [0.05, 0.1) is 0 Å². The molecule has 2 heterocycles. The molecule has 1 aromatic heterocycles. The van der Waals surface area contributed by atoms with E-state index in [4.69, 9.17) is 4.99 Å². The standard InChI is InChI=1S/C20H30N6/c1-4-21-20(22-13-19-24-23-15-25(19)5-2)26-12-11-18(16(3)14-26)17-9-7-6-8-10-17/h6-10,15-16,18H,4-5,11-14H2,1-3H3,(H,21,22). The Labute approximate surface area is 156 Å². The highest BCUT2D eigenvalue weighted by molar-refractivity contribution is 5.80. The van der Waals surface area contributed by atoms with Crippen molar-refractivity contribution < 1.29 is 0 Å². The molecule has 1 saturated heterocycles. The molecular weight excluding hydrogens is 324 g/mol. The van der Waals surface area contributed by atoms with Gasteiger partial charge in [0.1, 0.15) is 12.9 Å². The maximum absolute atomic E-state index is 4.83. The lowest BCUT2D eigenvalue weighted by atomic mass is 9.82. The van der Waals surface area contributed by atoms with Crippen LogP contribution in [0.25, 0.3) is 0 Å². The highest BCUT2D eigenvalue weighted by atomic mass is 15.3. The Morgan fingerprint density at radius 1 is 1.27 bits per heavy atom. The summed E-state index contributed by atoms with van der Waals surface area (Å²) in [7, 11) is 0. The van der Waals surface area contributed by atoms with Gasteiger partial charge in [0.15, 0.2) is 11.8 Å². The maximum atomic E-state index is 4.83. The number of benzene rings is 1. The lowest BCUT2D eigenvalue weighted by Gasteiger charge is -2.39. The maximum Gasteiger partial charge on any atom is 0.194 e. The normalized spacial score (nSPS) is 21.0. The summed E-state index contributed by atoms with van der Waals surface area (Å²) in [6.45, 7) is 10.9. The molecule has 2 aromatic rings. The molecule has 6 nitrogen and oxygen atoms in total. The van der Waals surface area contributed by atoms with E-state index < -0.39 is 0 Å². The number of likely N-dealkylation sites (tertiary alicyclic amines) is 1. The molecule has 6 heteroatoms. The van der Waals surface area contributed by atoms with Gasteiger partial charge in [-0.3, -0.25) is 0 Å². The third kappa shape index (κ3) is 4.23. The molecule has 140 valence electrons. The monoisotopic (exact) mass is 354 g/mol. The number of aliphatic imine (C=N–C) groups is 1. The second-order valence-electron chi connectivity index (χ2n) is 6.93. The zero-order valence-corrected chi connectivity index (χ0v) is 16.1. The van der Waals surface area contributed by atoms with Crippen molar-refractivity contribution in [2.75, 3.05) is 19.6 Å². The number of piperidine rings is 1. The van der Waals surface area contributed by atoms with Crippen LogP contribution < -0.4 is 5.32 Å². The zero-order chi connectivity index (χ0) is 18.4. The fourth-order valence-electron chi connectivity index (χ4n) is 3.77. The number of aryl methyl sites for hydroxylation is 1. The van der Waals surface area contributed by atoms with E-state index in [9.17, 15) is 0 Å². The van der Waals surface area contributed by atoms with Crippen LogP contribution in [-0.4, -0.2) is 45.3 Å². The molecule has 1 fully saturated rings. The molecule has 0 amide bonds. The van der Waals surface area contributed by atoms with Gasteiger partial charge in [0.25, 0.3) is 0 Å². The third-order valence-corrected chi connectivity index (χ3v) is 5.17. The van der Waals surface area contributed by atoms with Gasteiger partial charge in [0.2, 0.25) is 0 Å². The quantitative estimate of drug-likeness (QED) is 0.663. The topological polar surface area (TPSA) is 58.3 Å². The van der Waals surface area contributed by atoms with Crippen LogP contribution in [0, 0.1) is 5.92 Å². The van der Waals surface area contributed by atoms with Gasteiger partial charge in [-0.15, -0.1) is 10.2 Å². The molecule has 1 N–H and O–H groups in total. The van der Waals surface area contributed by atoms with E-state index in [2.05, 4.69) is 71.5 Å². The Kier molecular flexibility index (Phi) is 6.26. The number of hydrogen-bond acceptors (Lipinski definition) is 3. The average molecular weight is 355 g/mol. The minimum atomic E-state index is 0.559. The van der Waals surface area contributed by atoms with Crippen molar-refractivity contribution in [3.63, 3.8) is 0 Å².